The second-order valence-corrected chi connectivity index (χ2v) is 7.64. The van der Waals surface area contributed by atoms with Gasteiger partial charge < -0.3 is 5.32 Å². The molecule has 1 rings (SSSR count). The Morgan fingerprint density at radius 2 is 1.86 bits per heavy atom. The van der Waals surface area contributed by atoms with E-state index in [1.54, 1.807) is 0 Å². The largest absolute Gasteiger partial charge is 0.352 e. The lowest BCUT2D eigenvalue weighted by molar-refractivity contribution is 0.0936. The van der Waals surface area contributed by atoms with E-state index >= 15 is 0 Å². The van der Waals surface area contributed by atoms with E-state index in [9.17, 15) is 22.0 Å². The number of nitrogens with one attached hydrogen (secondary N) is 1. The first-order chi connectivity index (χ1) is 9.55. The normalized spacial score (nSPS) is 13.3. The van der Waals surface area contributed by atoms with Crippen LogP contribution in [0.4, 0.5) is 8.78 Å². The molecular formula is C13H16ClF2NO3S. The first-order valence-corrected chi connectivity index (χ1v) is 8.57. The van der Waals surface area contributed by atoms with Crippen molar-refractivity contribution in [2.24, 2.45) is 11.8 Å². The highest BCUT2D eigenvalue weighted by Crippen LogP contribution is 2.24. The van der Waals surface area contributed by atoms with Crippen molar-refractivity contribution in [1.82, 2.24) is 5.32 Å². The van der Waals surface area contributed by atoms with Crippen molar-refractivity contribution in [2.75, 3.05) is 6.54 Å². The molecule has 8 heteroatoms. The zero-order chi connectivity index (χ0) is 16.4. The smallest absolute Gasteiger partial charge is 0.264 e. The monoisotopic (exact) mass is 339 g/mol. The van der Waals surface area contributed by atoms with Crippen molar-refractivity contribution in [1.29, 1.82) is 0 Å². The van der Waals surface area contributed by atoms with Crippen LogP contribution in [0.1, 0.15) is 31.1 Å². The summed E-state index contributed by atoms with van der Waals surface area (Å²) in [6, 6.07) is 1.37. The number of carbonyl (C=O) groups excluding carboxylic acids is 1. The third-order valence-corrected chi connectivity index (χ3v) is 4.61. The summed E-state index contributed by atoms with van der Waals surface area (Å²) >= 11 is 0. The molecule has 1 amide bonds. The molecule has 1 aromatic carbocycles. The van der Waals surface area contributed by atoms with E-state index < -0.39 is 37.1 Å². The molecule has 0 aromatic heterocycles. The van der Waals surface area contributed by atoms with Gasteiger partial charge in [-0.15, -0.1) is 0 Å². The summed E-state index contributed by atoms with van der Waals surface area (Å²) in [5.74, 6) is -3.28. The van der Waals surface area contributed by atoms with Crippen LogP contribution in [0.5, 0.6) is 0 Å². The predicted molar refractivity (Wildman–Crippen MR) is 75.7 cm³/mol. The molecule has 0 bridgehead atoms. The van der Waals surface area contributed by atoms with Gasteiger partial charge in [-0.2, -0.15) is 0 Å². The maximum absolute atomic E-state index is 14.0. The SMILES string of the molecule is CC(C)C(C)CNC(=O)c1c(F)ccc(S(=O)(=O)Cl)c1F. The highest BCUT2D eigenvalue weighted by molar-refractivity contribution is 8.13. The average Bonchev–Trinajstić information content (AvgIpc) is 2.33. The fraction of sp³-hybridized carbons (Fsp3) is 0.462. The van der Waals surface area contributed by atoms with Crippen LogP contribution in [0.3, 0.4) is 0 Å². The Balaban J connectivity index is 3.10. The minimum atomic E-state index is -4.40. The van der Waals surface area contributed by atoms with Gasteiger partial charge in [-0.25, -0.2) is 17.2 Å². The third kappa shape index (κ3) is 4.38. The second-order valence-electron chi connectivity index (χ2n) is 5.10. The highest BCUT2D eigenvalue weighted by atomic mass is 35.7. The van der Waals surface area contributed by atoms with Crippen LogP contribution in [0.25, 0.3) is 0 Å². The quantitative estimate of drug-likeness (QED) is 0.839. The topological polar surface area (TPSA) is 63.2 Å². The van der Waals surface area contributed by atoms with Gasteiger partial charge in [-0.1, -0.05) is 20.8 Å². The summed E-state index contributed by atoms with van der Waals surface area (Å²) in [6.45, 7) is 5.97. The van der Waals surface area contributed by atoms with E-state index in [4.69, 9.17) is 10.7 Å². The van der Waals surface area contributed by atoms with Crippen LogP contribution in [0.2, 0.25) is 0 Å². The number of rotatable bonds is 5. The van der Waals surface area contributed by atoms with Crippen LogP contribution >= 0.6 is 10.7 Å². The van der Waals surface area contributed by atoms with Crippen molar-refractivity contribution in [3.63, 3.8) is 0 Å². The standard InChI is InChI=1S/C13H16ClF2NO3S/c1-7(2)8(3)6-17-13(18)11-9(15)4-5-10(12(11)16)21(14,19)20/h4-5,7-8H,6H2,1-3H3,(H,17,18). The molecule has 0 saturated heterocycles. The Morgan fingerprint density at radius 1 is 1.29 bits per heavy atom. The fourth-order valence-electron chi connectivity index (χ4n) is 1.51. The Bertz CT molecular complexity index is 647. The van der Waals surface area contributed by atoms with Gasteiger partial charge >= 0.3 is 0 Å². The Kier molecular flexibility index (Phi) is 5.69. The van der Waals surface area contributed by atoms with Gasteiger partial charge in [0.15, 0.2) is 5.82 Å². The molecule has 118 valence electrons. The molecule has 0 aliphatic heterocycles. The van der Waals surface area contributed by atoms with Crippen molar-refractivity contribution in [3.05, 3.63) is 29.3 Å². The van der Waals surface area contributed by atoms with E-state index in [2.05, 4.69) is 5.32 Å². The van der Waals surface area contributed by atoms with Crippen molar-refractivity contribution >= 4 is 25.6 Å². The number of hydrogen-bond donors (Lipinski definition) is 1. The number of halogens is 3. The lowest BCUT2D eigenvalue weighted by Gasteiger charge is -2.16. The first kappa shape index (κ1) is 17.8. The molecule has 1 aromatic rings. The molecule has 0 spiro atoms. The molecule has 0 radical (unpaired) electrons. The number of hydrogen-bond acceptors (Lipinski definition) is 3. The summed E-state index contributed by atoms with van der Waals surface area (Å²) in [4.78, 5) is 10.9. The molecule has 21 heavy (non-hydrogen) atoms. The Morgan fingerprint density at radius 3 is 2.33 bits per heavy atom. The fourth-order valence-corrected chi connectivity index (χ4v) is 2.41. The lowest BCUT2D eigenvalue weighted by Crippen LogP contribution is -2.31. The molecule has 0 heterocycles. The maximum Gasteiger partial charge on any atom is 0.264 e. The van der Waals surface area contributed by atoms with Crippen molar-refractivity contribution in [3.8, 4) is 0 Å². The van der Waals surface area contributed by atoms with Gasteiger partial charge in [0.2, 0.25) is 0 Å². The lowest BCUT2D eigenvalue weighted by atomic mass is 9.98. The third-order valence-electron chi connectivity index (χ3n) is 3.27. The van der Waals surface area contributed by atoms with Crippen molar-refractivity contribution < 1.29 is 22.0 Å². The minimum absolute atomic E-state index is 0.0972. The van der Waals surface area contributed by atoms with Crippen molar-refractivity contribution in [2.45, 2.75) is 25.7 Å². The average molecular weight is 340 g/mol. The Labute approximate surface area is 126 Å². The van der Waals surface area contributed by atoms with Crippen LogP contribution in [-0.4, -0.2) is 20.9 Å². The molecule has 0 fully saturated rings. The van der Waals surface area contributed by atoms with Gasteiger partial charge in [-0.05, 0) is 24.0 Å². The van der Waals surface area contributed by atoms with E-state index in [0.29, 0.717) is 12.1 Å². The number of amides is 1. The second kappa shape index (κ2) is 6.70. The summed E-state index contributed by atoms with van der Waals surface area (Å²) in [5, 5.41) is 2.38. The van der Waals surface area contributed by atoms with E-state index in [0.717, 1.165) is 0 Å². The molecule has 1 atom stereocenters. The van der Waals surface area contributed by atoms with Crippen LogP contribution < -0.4 is 5.32 Å². The molecular weight excluding hydrogens is 324 g/mol. The zero-order valence-electron chi connectivity index (χ0n) is 11.8. The Hall–Kier alpha value is -1.21. The number of carbonyl (C=O) groups is 1. The zero-order valence-corrected chi connectivity index (χ0v) is 13.4. The summed E-state index contributed by atoms with van der Waals surface area (Å²) in [5.41, 5.74) is -0.951. The minimum Gasteiger partial charge on any atom is -0.352 e. The van der Waals surface area contributed by atoms with Gasteiger partial charge in [0.25, 0.3) is 15.0 Å². The van der Waals surface area contributed by atoms with Gasteiger partial charge in [-0.3, -0.25) is 4.79 Å². The summed E-state index contributed by atoms with van der Waals surface area (Å²) in [6.07, 6.45) is 0. The molecule has 0 aliphatic rings. The molecule has 4 nitrogen and oxygen atoms in total. The van der Waals surface area contributed by atoms with Gasteiger partial charge in [0.05, 0.1) is 0 Å². The van der Waals surface area contributed by atoms with E-state index in [-0.39, 0.29) is 18.4 Å². The van der Waals surface area contributed by atoms with Gasteiger partial charge in [0, 0.05) is 17.2 Å². The van der Waals surface area contributed by atoms with Crippen LogP contribution in [-0.2, 0) is 9.05 Å². The van der Waals surface area contributed by atoms with Crippen LogP contribution in [0, 0.1) is 23.5 Å². The molecule has 0 saturated carbocycles. The van der Waals surface area contributed by atoms with Crippen LogP contribution in [0.15, 0.2) is 17.0 Å². The van der Waals surface area contributed by atoms with E-state index in [1.807, 2.05) is 20.8 Å². The van der Waals surface area contributed by atoms with Gasteiger partial charge in [0.1, 0.15) is 16.3 Å². The first-order valence-electron chi connectivity index (χ1n) is 6.26. The molecule has 1 N–H and O–H groups in total. The highest BCUT2D eigenvalue weighted by Gasteiger charge is 2.26. The maximum atomic E-state index is 14.0. The summed E-state index contributed by atoms with van der Waals surface area (Å²) < 4.78 is 49.9. The summed E-state index contributed by atoms with van der Waals surface area (Å²) in [7, 11) is 0.640. The predicted octanol–water partition coefficient (Wildman–Crippen LogP) is 2.91. The molecule has 1 unspecified atom stereocenters. The van der Waals surface area contributed by atoms with E-state index in [1.165, 1.54) is 0 Å². The molecule has 0 aliphatic carbocycles. The number of benzene rings is 1.